The van der Waals surface area contributed by atoms with E-state index in [1.807, 2.05) is 43.3 Å². The molecule has 0 aliphatic carbocycles. The molecule has 0 unspecified atom stereocenters. The van der Waals surface area contributed by atoms with Crippen LogP contribution in [-0.4, -0.2) is 22.5 Å². The monoisotopic (exact) mass is 470 g/mol. The second-order valence-electron chi connectivity index (χ2n) is 6.87. The lowest BCUT2D eigenvalue weighted by atomic mass is 10.1. The Balaban J connectivity index is 1.63. The highest BCUT2D eigenvalue weighted by molar-refractivity contribution is 8.18. The van der Waals surface area contributed by atoms with E-state index in [0.717, 1.165) is 23.2 Å². The minimum absolute atomic E-state index is 0.0762. The predicted molar refractivity (Wildman–Crippen MR) is 130 cm³/mol. The van der Waals surface area contributed by atoms with Crippen molar-refractivity contribution >= 4 is 57.8 Å². The van der Waals surface area contributed by atoms with Crippen molar-refractivity contribution < 1.29 is 9.21 Å². The van der Waals surface area contributed by atoms with Gasteiger partial charge in [-0.1, -0.05) is 48.3 Å². The van der Waals surface area contributed by atoms with E-state index in [-0.39, 0.29) is 5.91 Å². The maximum Gasteiger partial charge on any atom is 0.266 e. The van der Waals surface area contributed by atoms with Crippen molar-refractivity contribution in [3.05, 3.63) is 80.9 Å². The Morgan fingerprint density at radius 1 is 1.06 bits per heavy atom. The summed E-state index contributed by atoms with van der Waals surface area (Å²) in [5, 5.41) is 1.63. The van der Waals surface area contributed by atoms with E-state index >= 15 is 0 Å². The molecule has 4 nitrogen and oxygen atoms in total. The van der Waals surface area contributed by atoms with Crippen LogP contribution in [0.1, 0.15) is 25.2 Å². The van der Waals surface area contributed by atoms with E-state index in [1.165, 1.54) is 11.8 Å². The number of likely N-dealkylation sites (N-methyl/N-ethyl adjacent to an activating group) is 1. The summed E-state index contributed by atoms with van der Waals surface area (Å²) in [7, 11) is 0. The van der Waals surface area contributed by atoms with Crippen molar-refractivity contribution in [1.82, 2.24) is 4.90 Å². The highest BCUT2D eigenvalue weighted by atomic mass is 35.5. The molecule has 2 heterocycles. The van der Waals surface area contributed by atoms with Crippen LogP contribution in [0.3, 0.4) is 0 Å². The zero-order valence-electron chi connectivity index (χ0n) is 17.1. The van der Waals surface area contributed by atoms with Crippen molar-refractivity contribution in [3.8, 4) is 11.3 Å². The fourth-order valence-corrected chi connectivity index (χ4v) is 4.59. The summed E-state index contributed by atoms with van der Waals surface area (Å²) in [5.41, 5.74) is 2.85. The number of hydrogen-bond acceptors (Lipinski definition) is 4. The zero-order chi connectivity index (χ0) is 22.0. The number of amidine groups is 1. The van der Waals surface area contributed by atoms with E-state index in [0.29, 0.717) is 38.2 Å². The minimum Gasteiger partial charge on any atom is -0.457 e. The smallest absolute Gasteiger partial charge is 0.266 e. The van der Waals surface area contributed by atoms with Gasteiger partial charge in [-0.3, -0.25) is 9.69 Å². The van der Waals surface area contributed by atoms with Gasteiger partial charge in [0.2, 0.25) is 0 Å². The summed E-state index contributed by atoms with van der Waals surface area (Å²) in [5.74, 6) is 1.16. The Kier molecular flexibility index (Phi) is 6.56. The first-order valence-electron chi connectivity index (χ1n) is 9.93. The molecular weight excluding hydrogens is 451 g/mol. The van der Waals surface area contributed by atoms with E-state index in [1.54, 1.807) is 23.1 Å². The second-order valence-corrected chi connectivity index (χ2v) is 8.69. The number of rotatable bonds is 5. The molecular formula is C24H20Cl2N2O2S. The second kappa shape index (κ2) is 9.35. The van der Waals surface area contributed by atoms with Gasteiger partial charge in [0, 0.05) is 18.2 Å². The Morgan fingerprint density at radius 2 is 1.87 bits per heavy atom. The number of para-hydroxylation sites is 1. The molecule has 0 bridgehead atoms. The molecule has 1 aliphatic heterocycles. The molecule has 0 spiro atoms. The molecule has 4 rings (SSSR count). The number of nitrogens with zero attached hydrogens (tertiary/aromatic N) is 2. The van der Waals surface area contributed by atoms with Crippen molar-refractivity contribution in [2.24, 2.45) is 4.99 Å². The van der Waals surface area contributed by atoms with E-state index < -0.39 is 0 Å². The van der Waals surface area contributed by atoms with Crippen LogP contribution in [-0.2, 0) is 11.2 Å². The number of aliphatic imine (C=N–C) groups is 1. The number of carbonyl (C=O) groups excluding carboxylic acids is 1. The molecule has 7 heteroatoms. The first kappa shape index (κ1) is 21.8. The summed E-state index contributed by atoms with van der Waals surface area (Å²) < 4.78 is 5.93. The first-order chi connectivity index (χ1) is 15.0. The van der Waals surface area contributed by atoms with Gasteiger partial charge < -0.3 is 4.42 Å². The highest BCUT2D eigenvalue weighted by Gasteiger charge is 2.32. The van der Waals surface area contributed by atoms with Gasteiger partial charge in [0.1, 0.15) is 11.5 Å². The number of thioether (sulfide) groups is 1. The quantitative estimate of drug-likeness (QED) is 0.363. The maximum absolute atomic E-state index is 12.9. The van der Waals surface area contributed by atoms with E-state index in [9.17, 15) is 4.79 Å². The molecule has 1 aliphatic rings. The third-order valence-corrected chi connectivity index (χ3v) is 6.64. The van der Waals surface area contributed by atoms with Crippen LogP contribution < -0.4 is 0 Å². The Morgan fingerprint density at radius 3 is 2.61 bits per heavy atom. The summed E-state index contributed by atoms with van der Waals surface area (Å²) in [4.78, 5) is 20.0. The van der Waals surface area contributed by atoms with Crippen molar-refractivity contribution in [2.45, 2.75) is 20.3 Å². The Bertz CT molecular complexity index is 1200. The van der Waals surface area contributed by atoms with Crippen LogP contribution in [0.15, 0.2) is 68.9 Å². The largest absolute Gasteiger partial charge is 0.457 e. The predicted octanol–water partition coefficient (Wildman–Crippen LogP) is 7.44. The van der Waals surface area contributed by atoms with Crippen LogP contribution in [0.4, 0.5) is 5.69 Å². The number of hydrogen-bond donors (Lipinski definition) is 0. The van der Waals surface area contributed by atoms with Gasteiger partial charge >= 0.3 is 0 Å². The molecule has 0 radical (unpaired) electrons. The SMILES string of the molecule is CCc1ccccc1N=C1S/C(=C/c2ccc(-c3ccc(Cl)c(Cl)c3)o2)C(=O)N1CC. The number of furan rings is 1. The molecule has 0 atom stereocenters. The van der Waals surface area contributed by atoms with Gasteiger partial charge in [0.15, 0.2) is 5.17 Å². The number of benzene rings is 2. The van der Waals surface area contributed by atoms with Gasteiger partial charge in [0.05, 0.1) is 20.6 Å². The van der Waals surface area contributed by atoms with Gasteiger partial charge in [-0.25, -0.2) is 4.99 Å². The Hall–Kier alpha value is -2.47. The first-order valence-corrected chi connectivity index (χ1v) is 11.5. The topological polar surface area (TPSA) is 45.8 Å². The third-order valence-electron chi connectivity index (χ3n) is 4.90. The van der Waals surface area contributed by atoms with Crippen LogP contribution in [0.2, 0.25) is 10.0 Å². The lowest BCUT2D eigenvalue weighted by molar-refractivity contribution is -0.122. The number of halogens is 2. The van der Waals surface area contributed by atoms with Crippen molar-refractivity contribution in [2.75, 3.05) is 6.54 Å². The standard InChI is InChI=1S/C24H20Cl2N2O2S/c1-3-15-7-5-6-8-20(15)27-24-28(4-2)23(29)22(31-24)14-17-10-12-21(30-17)16-9-11-18(25)19(26)13-16/h5-14H,3-4H2,1-2H3/b22-14+,27-24?. The Labute approximate surface area is 195 Å². The van der Waals surface area contributed by atoms with E-state index in [4.69, 9.17) is 32.6 Å². The molecule has 1 aromatic heterocycles. The van der Waals surface area contributed by atoms with E-state index in [2.05, 4.69) is 13.0 Å². The molecule has 31 heavy (non-hydrogen) atoms. The summed E-state index contributed by atoms with van der Waals surface area (Å²) in [6, 6.07) is 17.0. The zero-order valence-corrected chi connectivity index (χ0v) is 19.4. The third kappa shape index (κ3) is 4.59. The van der Waals surface area contributed by atoms with Gasteiger partial charge in [0.25, 0.3) is 5.91 Å². The normalized spacial score (nSPS) is 16.6. The lowest BCUT2D eigenvalue weighted by Gasteiger charge is -2.12. The number of aryl methyl sites for hydroxylation is 1. The molecule has 0 saturated carbocycles. The molecule has 158 valence electrons. The molecule has 1 amide bonds. The highest BCUT2D eigenvalue weighted by Crippen LogP contribution is 2.36. The summed E-state index contributed by atoms with van der Waals surface area (Å²) in [6.45, 7) is 4.58. The maximum atomic E-state index is 12.9. The van der Waals surface area contributed by atoms with Gasteiger partial charge in [-0.15, -0.1) is 0 Å². The molecule has 1 fully saturated rings. The summed E-state index contributed by atoms with van der Waals surface area (Å²) >= 11 is 13.5. The number of amides is 1. The lowest BCUT2D eigenvalue weighted by Crippen LogP contribution is -2.28. The fourth-order valence-electron chi connectivity index (χ4n) is 3.26. The van der Waals surface area contributed by atoms with Crippen LogP contribution in [0.25, 0.3) is 17.4 Å². The van der Waals surface area contributed by atoms with Crippen LogP contribution >= 0.6 is 35.0 Å². The molecule has 3 aromatic rings. The van der Waals surface area contributed by atoms with Crippen LogP contribution in [0, 0.1) is 0 Å². The number of carbonyl (C=O) groups is 1. The molecule has 1 saturated heterocycles. The molecule has 0 N–H and O–H groups in total. The molecule has 2 aromatic carbocycles. The van der Waals surface area contributed by atoms with Crippen LogP contribution in [0.5, 0.6) is 0 Å². The van der Waals surface area contributed by atoms with Gasteiger partial charge in [-0.05, 0) is 67.1 Å². The average molecular weight is 471 g/mol. The van der Waals surface area contributed by atoms with Gasteiger partial charge in [-0.2, -0.15) is 0 Å². The fraction of sp³-hybridized carbons (Fsp3) is 0.167. The average Bonchev–Trinajstić information content (AvgIpc) is 3.35. The van der Waals surface area contributed by atoms with Crippen molar-refractivity contribution in [3.63, 3.8) is 0 Å². The summed E-state index contributed by atoms with van der Waals surface area (Å²) in [6.07, 6.45) is 2.63. The van der Waals surface area contributed by atoms with Crippen molar-refractivity contribution in [1.29, 1.82) is 0 Å². The minimum atomic E-state index is -0.0762.